The van der Waals surface area contributed by atoms with Crippen LogP contribution in [0.3, 0.4) is 0 Å². The standard InChI is InChI=1S/C15H26ClNOS/c1-12-2-6-15(11-16,7-3-12)17-14(18)10-13-4-8-19-9-5-13/h12-13H,2-11H2,1H3,(H,17,18). The van der Waals surface area contributed by atoms with Crippen LogP contribution in [0, 0.1) is 11.8 Å². The highest BCUT2D eigenvalue weighted by atomic mass is 35.5. The van der Waals surface area contributed by atoms with Crippen molar-refractivity contribution in [1.29, 1.82) is 0 Å². The van der Waals surface area contributed by atoms with Gasteiger partial charge < -0.3 is 5.32 Å². The van der Waals surface area contributed by atoms with E-state index in [1.54, 1.807) is 0 Å². The van der Waals surface area contributed by atoms with Gasteiger partial charge in [0.05, 0.1) is 5.54 Å². The Morgan fingerprint density at radius 3 is 2.47 bits per heavy atom. The summed E-state index contributed by atoms with van der Waals surface area (Å²) in [6.45, 7) is 2.29. The number of carbonyl (C=O) groups excluding carboxylic acids is 1. The first kappa shape index (κ1) is 15.5. The molecule has 1 saturated heterocycles. The lowest BCUT2D eigenvalue weighted by Crippen LogP contribution is -2.52. The largest absolute Gasteiger partial charge is 0.349 e. The van der Waals surface area contributed by atoms with Crippen LogP contribution in [0.15, 0.2) is 0 Å². The summed E-state index contributed by atoms with van der Waals surface area (Å²) >= 11 is 8.17. The lowest BCUT2D eigenvalue weighted by atomic mass is 9.78. The van der Waals surface area contributed by atoms with Gasteiger partial charge in [0, 0.05) is 12.3 Å². The average molecular weight is 304 g/mol. The van der Waals surface area contributed by atoms with Crippen LogP contribution >= 0.6 is 23.4 Å². The third kappa shape index (κ3) is 4.56. The van der Waals surface area contributed by atoms with E-state index >= 15 is 0 Å². The molecule has 0 bridgehead atoms. The molecule has 2 fully saturated rings. The molecule has 19 heavy (non-hydrogen) atoms. The number of nitrogens with one attached hydrogen (secondary N) is 1. The second-order valence-electron chi connectivity index (χ2n) is 6.40. The third-order valence-electron chi connectivity index (χ3n) is 4.71. The molecule has 2 rings (SSSR count). The van der Waals surface area contributed by atoms with Crippen LogP contribution < -0.4 is 5.32 Å². The van der Waals surface area contributed by atoms with Crippen molar-refractivity contribution >= 4 is 29.3 Å². The molecule has 1 N–H and O–H groups in total. The van der Waals surface area contributed by atoms with Gasteiger partial charge in [0.2, 0.25) is 5.91 Å². The Balaban J connectivity index is 1.82. The smallest absolute Gasteiger partial charge is 0.220 e. The molecule has 2 nitrogen and oxygen atoms in total. The number of halogens is 1. The first-order valence-corrected chi connectivity index (χ1v) is 9.27. The monoisotopic (exact) mass is 303 g/mol. The molecule has 2 aliphatic rings. The van der Waals surface area contributed by atoms with E-state index in [1.807, 2.05) is 11.8 Å². The van der Waals surface area contributed by atoms with E-state index in [0.717, 1.165) is 18.8 Å². The van der Waals surface area contributed by atoms with E-state index in [1.165, 1.54) is 37.2 Å². The Labute approximate surface area is 126 Å². The Morgan fingerprint density at radius 2 is 1.89 bits per heavy atom. The third-order valence-corrected chi connectivity index (χ3v) is 6.27. The summed E-state index contributed by atoms with van der Waals surface area (Å²) in [5, 5.41) is 3.27. The number of amides is 1. The molecule has 1 heterocycles. The van der Waals surface area contributed by atoms with Gasteiger partial charge in [-0.25, -0.2) is 0 Å². The van der Waals surface area contributed by atoms with E-state index in [4.69, 9.17) is 11.6 Å². The normalized spacial score (nSPS) is 33.1. The lowest BCUT2D eigenvalue weighted by Gasteiger charge is -2.39. The number of alkyl halides is 1. The minimum absolute atomic E-state index is 0.117. The van der Waals surface area contributed by atoms with Gasteiger partial charge in [-0.1, -0.05) is 6.92 Å². The number of rotatable bonds is 4. The number of carbonyl (C=O) groups is 1. The van der Waals surface area contributed by atoms with Crippen molar-refractivity contribution in [2.24, 2.45) is 11.8 Å². The van der Waals surface area contributed by atoms with Crippen LogP contribution in [0.25, 0.3) is 0 Å². The Kier molecular flexibility index (Phi) is 5.88. The lowest BCUT2D eigenvalue weighted by molar-refractivity contribution is -0.124. The molecular formula is C15H26ClNOS. The number of hydrogen-bond donors (Lipinski definition) is 1. The van der Waals surface area contributed by atoms with Crippen molar-refractivity contribution in [2.75, 3.05) is 17.4 Å². The zero-order valence-electron chi connectivity index (χ0n) is 11.9. The molecule has 1 aliphatic heterocycles. The SMILES string of the molecule is CC1CCC(CCl)(NC(=O)CC2CCSCC2)CC1. The van der Waals surface area contributed by atoms with E-state index < -0.39 is 0 Å². The second-order valence-corrected chi connectivity index (χ2v) is 7.90. The molecule has 4 heteroatoms. The summed E-state index contributed by atoms with van der Waals surface area (Å²) in [4.78, 5) is 12.2. The maximum absolute atomic E-state index is 12.2. The van der Waals surface area contributed by atoms with E-state index in [2.05, 4.69) is 12.2 Å². The van der Waals surface area contributed by atoms with Gasteiger partial charge in [0.25, 0.3) is 0 Å². The van der Waals surface area contributed by atoms with Gasteiger partial charge in [0.15, 0.2) is 0 Å². The van der Waals surface area contributed by atoms with Crippen molar-refractivity contribution in [3.8, 4) is 0 Å². The predicted octanol–water partition coefficient (Wildman–Crippen LogP) is 3.82. The second kappa shape index (κ2) is 7.21. The van der Waals surface area contributed by atoms with Crippen LogP contribution in [0.4, 0.5) is 0 Å². The summed E-state index contributed by atoms with van der Waals surface area (Å²) in [6.07, 6.45) is 7.56. The molecular weight excluding hydrogens is 278 g/mol. The fourth-order valence-corrected chi connectivity index (χ4v) is 4.70. The fourth-order valence-electron chi connectivity index (χ4n) is 3.17. The molecule has 0 spiro atoms. The van der Waals surface area contributed by atoms with Crippen molar-refractivity contribution in [1.82, 2.24) is 5.32 Å². The zero-order valence-corrected chi connectivity index (χ0v) is 13.5. The summed E-state index contributed by atoms with van der Waals surface area (Å²) < 4.78 is 0. The maximum atomic E-state index is 12.2. The zero-order chi connectivity index (χ0) is 13.7. The van der Waals surface area contributed by atoms with Gasteiger partial charge in [-0.15, -0.1) is 11.6 Å². The molecule has 0 radical (unpaired) electrons. The maximum Gasteiger partial charge on any atom is 0.220 e. The van der Waals surface area contributed by atoms with Crippen LogP contribution in [-0.2, 0) is 4.79 Å². The van der Waals surface area contributed by atoms with Gasteiger partial charge in [-0.3, -0.25) is 4.79 Å². The van der Waals surface area contributed by atoms with Crippen molar-refractivity contribution in [2.45, 2.75) is 57.4 Å². The average Bonchev–Trinajstić information content (AvgIpc) is 2.43. The van der Waals surface area contributed by atoms with E-state index in [-0.39, 0.29) is 11.4 Å². The molecule has 0 unspecified atom stereocenters. The molecule has 1 amide bonds. The molecule has 0 atom stereocenters. The minimum Gasteiger partial charge on any atom is -0.349 e. The summed E-state index contributed by atoms with van der Waals surface area (Å²) in [6, 6.07) is 0. The predicted molar refractivity (Wildman–Crippen MR) is 83.9 cm³/mol. The molecule has 1 aliphatic carbocycles. The molecule has 0 aromatic carbocycles. The topological polar surface area (TPSA) is 29.1 Å². The van der Waals surface area contributed by atoms with Gasteiger partial charge in [-0.2, -0.15) is 11.8 Å². The minimum atomic E-state index is -0.117. The molecule has 0 aromatic heterocycles. The van der Waals surface area contributed by atoms with Crippen molar-refractivity contribution < 1.29 is 4.79 Å². The van der Waals surface area contributed by atoms with Gasteiger partial charge in [0.1, 0.15) is 0 Å². The number of hydrogen-bond acceptors (Lipinski definition) is 2. The highest BCUT2D eigenvalue weighted by Crippen LogP contribution is 2.33. The van der Waals surface area contributed by atoms with Crippen molar-refractivity contribution in [3.63, 3.8) is 0 Å². The van der Waals surface area contributed by atoms with Crippen LogP contribution in [-0.4, -0.2) is 28.8 Å². The van der Waals surface area contributed by atoms with E-state index in [9.17, 15) is 4.79 Å². The molecule has 1 saturated carbocycles. The Bertz CT molecular complexity index is 297. The highest BCUT2D eigenvalue weighted by molar-refractivity contribution is 7.99. The fraction of sp³-hybridized carbons (Fsp3) is 0.933. The first-order chi connectivity index (χ1) is 9.13. The first-order valence-electron chi connectivity index (χ1n) is 7.58. The summed E-state index contributed by atoms with van der Waals surface area (Å²) in [5.41, 5.74) is -0.117. The Hall–Kier alpha value is 0.110. The van der Waals surface area contributed by atoms with Gasteiger partial charge >= 0.3 is 0 Å². The quantitative estimate of drug-likeness (QED) is 0.800. The van der Waals surface area contributed by atoms with Gasteiger partial charge in [-0.05, 0) is 61.9 Å². The molecule has 0 aromatic rings. The summed E-state index contributed by atoms with van der Waals surface area (Å²) in [5.74, 6) is 4.60. The van der Waals surface area contributed by atoms with Crippen LogP contribution in [0.5, 0.6) is 0 Å². The summed E-state index contributed by atoms with van der Waals surface area (Å²) in [7, 11) is 0. The molecule has 110 valence electrons. The highest BCUT2D eigenvalue weighted by Gasteiger charge is 2.35. The van der Waals surface area contributed by atoms with Crippen LogP contribution in [0.2, 0.25) is 0 Å². The number of thioether (sulfide) groups is 1. The van der Waals surface area contributed by atoms with E-state index in [0.29, 0.717) is 18.2 Å². The van der Waals surface area contributed by atoms with Crippen LogP contribution in [0.1, 0.15) is 51.9 Å². The Morgan fingerprint density at radius 1 is 1.26 bits per heavy atom. The van der Waals surface area contributed by atoms with Crippen molar-refractivity contribution in [3.05, 3.63) is 0 Å².